The fraction of sp³-hybridized carbons (Fsp3) is 0.296. The summed E-state index contributed by atoms with van der Waals surface area (Å²) in [6, 6.07) is 23.4. The minimum absolute atomic E-state index is 0.269. The van der Waals surface area contributed by atoms with Gasteiger partial charge in [-0.2, -0.15) is 0 Å². The molecule has 0 bridgehead atoms. The summed E-state index contributed by atoms with van der Waals surface area (Å²) in [6.45, 7) is 5.27. The third-order valence-electron chi connectivity index (χ3n) is 5.67. The molecule has 6 nitrogen and oxygen atoms in total. The Labute approximate surface area is 199 Å². The van der Waals surface area contributed by atoms with Gasteiger partial charge in [0.15, 0.2) is 0 Å². The fourth-order valence-corrected chi connectivity index (χ4v) is 3.80. The standard InChI is InChI=1S/C27H30FN3O3/c28-24-9-5-10-25(19-24)29-27(32)31(13-12-30-14-16-33-17-15-30)20-23-8-4-11-26(18-23)34-21-22-6-2-1-3-7-22/h1-11,18-19H,12-17,20-21H2,(H,29,32). The van der Waals surface area contributed by atoms with Crippen LogP contribution in [0.5, 0.6) is 5.75 Å². The maximum Gasteiger partial charge on any atom is 0.322 e. The van der Waals surface area contributed by atoms with Crippen molar-refractivity contribution < 1.29 is 18.7 Å². The van der Waals surface area contributed by atoms with Gasteiger partial charge in [0.05, 0.1) is 13.2 Å². The van der Waals surface area contributed by atoms with Crippen molar-refractivity contribution in [3.8, 4) is 5.75 Å². The first-order chi connectivity index (χ1) is 16.7. The number of nitrogens with one attached hydrogen (secondary N) is 1. The third kappa shape index (κ3) is 7.30. The number of carbonyl (C=O) groups excluding carboxylic acids is 1. The van der Waals surface area contributed by atoms with Gasteiger partial charge >= 0.3 is 6.03 Å². The van der Waals surface area contributed by atoms with Crippen molar-refractivity contribution in [2.24, 2.45) is 0 Å². The molecule has 1 fully saturated rings. The monoisotopic (exact) mass is 463 g/mol. The van der Waals surface area contributed by atoms with Crippen molar-refractivity contribution in [1.82, 2.24) is 9.80 Å². The average Bonchev–Trinajstić information content (AvgIpc) is 2.87. The van der Waals surface area contributed by atoms with Crippen molar-refractivity contribution >= 4 is 11.7 Å². The summed E-state index contributed by atoms with van der Waals surface area (Å²) in [5, 5.41) is 2.82. The summed E-state index contributed by atoms with van der Waals surface area (Å²) >= 11 is 0. The highest BCUT2D eigenvalue weighted by Gasteiger charge is 2.18. The lowest BCUT2D eigenvalue weighted by molar-refractivity contribution is 0.0349. The van der Waals surface area contributed by atoms with Gasteiger partial charge in [-0.15, -0.1) is 0 Å². The first-order valence-electron chi connectivity index (χ1n) is 11.5. The highest BCUT2D eigenvalue weighted by molar-refractivity contribution is 5.89. The molecule has 2 amide bonds. The molecule has 0 atom stereocenters. The van der Waals surface area contributed by atoms with Crippen LogP contribution in [0.25, 0.3) is 0 Å². The van der Waals surface area contributed by atoms with Crippen LogP contribution in [0.3, 0.4) is 0 Å². The van der Waals surface area contributed by atoms with Crippen LogP contribution in [0.1, 0.15) is 11.1 Å². The SMILES string of the molecule is O=C(Nc1cccc(F)c1)N(CCN1CCOCC1)Cc1cccc(OCc2ccccc2)c1. The minimum atomic E-state index is -0.388. The van der Waals surface area contributed by atoms with Gasteiger partial charge in [0.1, 0.15) is 18.2 Å². The van der Waals surface area contributed by atoms with Crippen molar-refractivity contribution in [3.63, 3.8) is 0 Å². The van der Waals surface area contributed by atoms with Crippen LogP contribution >= 0.6 is 0 Å². The van der Waals surface area contributed by atoms with Crippen molar-refractivity contribution in [2.45, 2.75) is 13.2 Å². The number of halogens is 1. The molecule has 4 rings (SSSR count). The smallest absolute Gasteiger partial charge is 0.322 e. The third-order valence-corrected chi connectivity index (χ3v) is 5.67. The quantitative estimate of drug-likeness (QED) is 0.497. The second-order valence-electron chi connectivity index (χ2n) is 8.24. The Kier molecular flexibility index (Phi) is 8.48. The van der Waals surface area contributed by atoms with E-state index in [2.05, 4.69) is 10.2 Å². The summed E-state index contributed by atoms with van der Waals surface area (Å²) in [5.74, 6) is 0.362. The van der Waals surface area contributed by atoms with Crippen LogP contribution in [-0.4, -0.2) is 55.2 Å². The van der Waals surface area contributed by atoms with E-state index >= 15 is 0 Å². The zero-order valence-electron chi connectivity index (χ0n) is 19.2. The van der Waals surface area contributed by atoms with Crippen LogP contribution in [0.2, 0.25) is 0 Å². The number of urea groups is 1. The van der Waals surface area contributed by atoms with E-state index in [9.17, 15) is 9.18 Å². The lowest BCUT2D eigenvalue weighted by Crippen LogP contribution is -2.44. The number of nitrogens with zero attached hydrogens (tertiary/aromatic N) is 2. The lowest BCUT2D eigenvalue weighted by Gasteiger charge is -2.30. The Morgan fingerprint density at radius 3 is 2.53 bits per heavy atom. The number of morpholine rings is 1. The van der Waals surface area contributed by atoms with Crippen LogP contribution in [-0.2, 0) is 17.9 Å². The lowest BCUT2D eigenvalue weighted by atomic mass is 10.2. The largest absolute Gasteiger partial charge is 0.489 e. The van der Waals surface area contributed by atoms with Gasteiger partial charge in [-0.25, -0.2) is 9.18 Å². The molecule has 1 aliphatic heterocycles. The molecule has 7 heteroatoms. The zero-order valence-corrected chi connectivity index (χ0v) is 19.2. The maximum atomic E-state index is 13.6. The Morgan fingerprint density at radius 1 is 0.971 bits per heavy atom. The van der Waals surface area contributed by atoms with Crippen molar-refractivity contribution in [1.29, 1.82) is 0 Å². The molecule has 1 saturated heterocycles. The molecular weight excluding hydrogens is 433 g/mol. The summed E-state index contributed by atoms with van der Waals surface area (Å²) in [5.41, 5.74) is 2.48. The Bertz CT molecular complexity index is 1060. The molecule has 0 aromatic heterocycles. The molecule has 1 heterocycles. The fourth-order valence-electron chi connectivity index (χ4n) is 3.80. The second kappa shape index (κ2) is 12.2. The average molecular weight is 464 g/mol. The Balaban J connectivity index is 1.42. The van der Waals surface area contributed by atoms with E-state index in [4.69, 9.17) is 9.47 Å². The minimum Gasteiger partial charge on any atom is -0.489 e. The van der Waals surface area contributed by atoms with Crippen molar-refractivity contribution in [3.05, 3.63) is 95.8 Å². The van der Waals surface area contributed by atoms with Crippen LogP contribution in [0.4, 0.5) is 14.9 Å². The topological polar surface area (TPSA) is 54.0 Å². The molecular formula is C27H30FN3O3. The van der Waals surface area contributed by atoms with Gasteiger partial charge in [-0.1, -0.05) is 48.5 Å². The number of anilines is 1. The number of benzene rings is 3. The molecule has 34 heavy (non-hydrogen) atoms. The van der Waals surface area contributed by atoms with Gasteiger partial charge < -0.3 is 19.7 Å². The van der Waals surface area contributed by atoms with E-state index in [1.54, 1.807) is 17.0 Å². The highest BCUT2D eigenvalue weighted by atomic mass is 19.1. The number of rotatable bonds is 9. The van der Waals surface area contributed by atoms with Crippen LogP contribution in [0.15, 0.2) is 78.9 Å². The van der Waals surface area contributed by atoms with E-state index in [-0.39, 0.29) is 11.8 Å². The molecule has 0 spiro atoms. The molecule has 0 aliphatic carbocycles. The van der Waals surface area contributed by atoms with E-state index in [1.165, 1.54) is 12.1 Å². The van der Waals surface area contributed by atoms with Gasteiger partial charge in [-0.05, 0) is 41.5 Å². The number of hydrogen-bond acceptors (Lipinski definition) is 4. The maximum absolute atomic E-state index is 13.6. The van der Waals surface area contributed by atoms with Crippen LogP contribution in [0, 0.1) is 5.82 Å². The molecule has 0 radical (unpaired) electrons. The predicted molar refractivity (Wildman–Crippen MR) is 130 cm³/mol. The summed E-state index contributed by atoms with van der Waals surface area (Å²) in [7, 11) is 0. The van der Waals surface area contributed by atoms with E-state index < -0.39 is 0 Å². The predicted octanol–water partition coefficient (Wildman–Crippen LogP) is 4.77. The Hall–Kier alpha value is -3.42. The molecule has 1 N–H and O–H groups in total. The van der Waals surface area contributed by atoms with Crippen molar-refractivity contribution in [2.75, 3.05) is 44.7 Å². The summed E-state index contributed by atoms with van der Waals surface area (Å²) < 4.78 is 25.0. The Morgan fingerprint density at radius 2 is 1.74 bits per heavy atom. The first kappa shape index (κ1) is 23.7. The number of amides is 2. The molecule has 3 aromatic rings. The molecule has 0 saturated carbocycles. The highest BCUT2D eigenvalue weighted by Crippen LogP contribution is 2.18. The molecule has 1 aliphatic rings. The van der Waals surface area contributed by atoms with Crippen LogP contribution < -0.4 is 10.1 Å². The number of carbonyl (C=O) groups is 1. The van der Waals surface area contributed by atoms with Gasteiger partial charge in [0, 0.05) is 38.4 Å². The second-order valence-corrected chi connectivity index (χ2v) is 8.24. The zero-order chi connectivity index (χ0) is 23.6. The normalized spacial score (nSPS) is 13.9. The van der Waals surface area contributed by atoms with Gasteiger partial charge in [0.2, 0.25) is 0 Å². The van der Waals surface area contributed by atoms with Gasteiger partial charge in [0.25, 0.3) is 0 Å². The van der Waals surface area contributed by atoms with E-state index in [0.29, 0.717) is 38.6 Å². The number of ether oxygens (including phenoxy) is 2. The molecule has 178 valence electrons. The first-order valence-corrected chi connectivity index (χ1v) is 11.5. The molecule has 3 aromatic carbocycles. The van der Waals surface area contributed by atoms with Gasteiger partial charge in [-0.3, -0.25) is 4.90 Å². The van der Waals surface area contributed by atoms with E-state index in [0.717, 1.165) is 36.5 Å². The summed E-state index contributed by atoms with van der Waals surface area (Å²) in [4.78, 5) is 17.1. The number of hydrogen-bond donors (Lipinski definition) is 1. The summed E-state index contributed by atoms with van der Waals surface area (Å²) in [6.07, 6.45) is 0. The molecule has 0 unspecified atom stereocenters. The van der Waals surface area contributed by atoms with E-state index in [1.807, 2.05) is 54.6 Å².